The maximum absolute atomic E-state index is 10.7. The van der Waals surface area contributed by atoms with Crippen molar-refractivity contribution in [3.8, 4) is 24.2 Å². The number of aliphatic hydroxyl groups excluding tert-OH is 1. The molecule has 0 fully saturated rings. The third-order valence-corrected chi connectivity index (χ3v) is 2.09. The smallest absolute Gasteiger partial charge is 0.278 e. The molecule has 0 aliphatic carbocycles. The van der Waals surface area contributed by atoms with E-state index in [0.717, 1.165) is 5.56 Å². The van der Waals surface area contributed by atoms with Gasteiger partial charge in [0.15, 0.2) is 0 Å². The highest BCUT2D eigenvalue weighted by molar-refractivity contribution is 6.08. The molecule has 0 aliphatic rings. The lowest BCUT2D eigenvalue weighted by molar-refractivity contribution is -0.108. The molecule has 3 heteroatoms. The third kappa shape index (κ3) is 5.86. The maximum Gasteiger partial charge on any atom is 0.278 e. The summed E-state index contributed by atoms with van der Waals surface area (Å²) in [7, 11) is 0. The summed E-state index contributed by atoms with van der Waals surface area (Å²) in [4.78, 5) is 10.7. The van der Waals surface area contributed by atoms with E-state index >= 15 is 0 Å². The largest absolute Gasteiger partial charge is 0.390 e. The van der Waals surface area contributed by atoms with Gasteiger partial charge >= 0.3 is 0 Å². The van der Waals surface area contributed by atoms with E-state index in [4.69, 9.17) is 11.2 Å². The van der Waals surface area contributed by atoms with E-state index in [1.807, 2.05) is 36.3 Å². The first-order chi connectivity index (χ1) is 8.72. The van der Waals surface area contributed by atoms with Gasteiger partial charge in [0.05, 0.1) is 19.3 Å². The summed E-state index contributed by atoms with van der Waals surface area (Å²) in [6, 6.07) is 9.66. The average Bonchev–Trinajstić information content (AvgIpc) is 2.39. The van der Waals surface area contributed by atoms with Crippen molar-refractivity contribution in [3.05, 3.63) is 35.9 Å². The molecule has 0 aromatic heterocycles. The minimum atomic E-state index is -0.716. The summed E-state index contributed by atoms with van der Waals surface area (Å²) in [5, 5.41) is 9.52. The zero-order valence-corrected chi connectivity index (χ0v) is 9.93. The zero-order valence-electron chi connectivity index (χ0n) is 9.93. The van der Waals surface area contributed by atoms with Gasteiger partial charge in [0.2, 0.25) is 0 Å². The molecule has 0 saturated heterocycles. The number of aliphatic hydroxyl groups is 1. The molecule has 0 radical (unpaired) electrons. The Morgan fingerprint density at radius 2 is 2.11 bits per heavy atom. The summed E-state index contributed by atoms with van der Waals surface area (Å²) < 4.78 is 5.32. The van der Waals surface area contributed by atoms with E-state index in [-0.39, 0.29) is 13.0 Å². The summed E-state index contributed by atoms with van der Waals surface area (Å²) >= 11 is 0. The van der Waals surface area contributed by atoms with Gasteiger partial charge in [-0.25, -0.2) is 0 Å². The van der Waals surface area contributed by atoms with Gasteiger partial charge in [0.1, 0.15) is 0 Å². The SMILES string of the molecule is C#CC(=O)C#CC[C@@H](O)COCc1ccccc1. The fourth-order valence-electron chi connectivity index (χ4n) is 1.23. The molecule has 18 heavy (non-hydrogen) atoms. The second-order valence-electron chi connectivity index (χ2n) is 3.63. The lowest BCUT2D eigenvalue weighted by Crippen LogP contribution is -2.14. The highest BCUT2D eigenvalue weighted by Gasteiger charge is 2.02. The van der Waals surface area contributed by atoms with Crippen LogP contribution in [0.1, 0.15) is 12.0 Å². The number of rotatable bonds is 5. The molecule has 1 N–H and O–H groups in total. The predicted octanol–water partition coefficient (Wildman–Crippen LogP) is 1.16. The lowest BCUT2D eigenvalue weighted by Gasteiger charge is -2.08. The van der Waals surface area contributed by atoms with Gasteiger partial charge in [-0.15, -0.1) is 6.42 Å². The summed E-state index contributed by atoms with van der Waals surface area (Å²) in [5.74, 6) is 6.04. The molecule has 0 aliphatic heterocycles. The molecule has 1 aromatic rings. The number of ether oxygens (including phenoxy) is 1. The Labute approximate surface area is 107 Å². The molecule has 0 bridgehead atoms. The van der Waals surface area contributed by atoms with Crippen LogP contribution in [-0.4, -0.2) is 23.6 Å². The first kappa shape index (κ1) is 14.0. The predicted molar refractivity (Wildman–Crippen MR) is 68.3 cm³/mol. The first-order valence-electron chi connectivity index (χ1n) is 5.51. The van der Waals surface area contributed by atoms with E-state index in [2.05, 4.69) is 11.8 Å². The van der Waals surface area contributed by atoms with E-state index in [1.54, 1.807) is 0 Å². The van der Waals surface area contributed by atoms with Gasteiger partial charge in [0.25, 0.3) is 5.78 Å². The van der Waals surface area contributed by atoms with E-state index in [1.165, 1.54) is 0 Å². The molecule has 1 rings (SSSR count). The zero-order chi connectivity index (χ0) is 13.2. The van der Waals surface area contributed by atoms with Gasteiger partial charge in [-0.1, -0.05) is 36.3 Å². The van der Waals surface area contributed by atoms with Crippen LogP contribution in [0.4, 0.5) is 0 Å². The normalized spacial score (nSPS) is 10.9. The number of terminal acetylenes is 1. The number of carbonyl (C=O) groups is 1. The van der Waals surface area contributed by atoms with E-state index in [0.29, 0.717) is 6.61 Å². The van der Waals surface area contributed by atoms with Crippen LogP contribution in [0.5, 0.6) is 0 Å². The summed E-state index contributed by atoms with van der Waals surface area (Å²) in [6.07, 6.45) is 4.30. The number of hydrogen-bond acceptors (Lipinski definition) is 3. The van der Waals surface area contributed by atoms with Crippen molar-refractivity contribution in [1.82, 2.24) is 0 Å². The minimum Gasteiger partial charge on any atom is -0.390 e. The van der Waals surface area contributed by atoms with Gasteiger partial charge < -0.3 is 9.84 Å². The van der Waals surface area contributed by atoms with Crippen molar-refractivity contribution < 1.29 is 14.6 Å². The van der Waals surface area contributed by atoms with Crippen LogP contribution < -0.4 is 0 Å². The molecule has 0 heterocycles. The maximum atomic E-state index is 10.7. The molecule has 0 amide bonds. The topological polar surface area (TPSA) is 46.5 Å². The Morgan fingerprint density at radius 1 is 1.39 bits per heavy atom. The highest BCUT2D eigenvalue weighted by atomic mass is 16.5. The number of ketones is 1. The number of benzene rings is 1. The van der Waals surface area contributed by atoms with Crippen molar-refractivity contribution in [1.29, 1.82) is 0 Å². The summed E-state index contributed by atoms with van der Waals surface area (Å²) in [6.45, 7) is 0.614. The van der Waals surface area contributed by atoms with Crippen molar-refractivity contribution >= 4 is 5.78 Å². The van der Waals surface area contributed by atoms with Crippen LogP contribution >= 0.6 is 0 Å². The minimum absolute atomic E-state index is 0.169. The van der Waals surface area contributed by atoms with Gasteiger partial charge in [-0.2, -0.15) is 0 Å². The van der Waals surface area contributed by atoms with Crippen LogP contribution in [0.2, 0.25) is 0 Å². The third-order valence-electron chi connectivity index (χ3n) is 2.09. The van der Waals surface area contributed by atoms with Crippen molar-refractivity contribution in [2.45, 2.75) is 19.1 Å². The molecular weight excluding hydrogens is 228 g/mol. The Hall–Kier alpha value is -2.07. The Morgan fingerprint density at radius 3 is 2.78 bits per heavy atom. The standard InChI is InChI=1S/C15H14O3/c1-2-14(16)9-6-10-15(17)12-18-11-13-7-4-3-5-8-13/h1,3-5,7-8,15,17H,10-12H2/t15-/m1/s1. The van der Waals surface area contributed by atoms with Crippen LogP contribution in [0.15, 0.2) is 30.3 Å². The number of hydrogen-bond donors (Lipinski definition) is 1. The molecule has 3 nitrogen and oxygen atoms in total. The van der Waals surface area contributed by atoms with Gasteiger partial charge in [-0.3, -0.25) is 4.79 Å². The van der Waals surface area contributed by atoms with Gasteiger partial charge in [0, 0.05) is 6.42 Å². The second kappa shape index (κ2) is 8.08. The Balaban J connectivity index is 2.21. The molecule has 0 saturated carbocycles. The van der Waals surface area contributed by atoms with E-state index < -0.39 is 11.9 Å². The fraction of sp³-hybridized carbons (Fsp3) is 0.267. The monoisotopic (exact) mass is 242 g/mol. The van der Waals surface area contributed by atoms with Crippen LogP contribution in [0.25, 0.3) is 0 Å². The summed E-state index contributed by atoms with van der Waals surface area (Å²) in [5.41, 5.74) is 1.04. The van der Waals surface area contributed by atoms with E-state index in [9.17, 15) is 9.90 Å². The van der Waals surface area contributed by atoms with Crippen LogP contribution in [0.3, 0.4) is 0 Å². The Bertz CT molecular complexity index is 474. The molecular formula is C15H14O3. The molecule has 0 unspecified atom stereocenters. The second-order valence-corrected chi connectivity index (χ2v) is 3.63. The van der Waals surface area contributed by atoms with Crippen LogP contribution in [0, 0.1) is 24.2 Å². The average molecular weight is 242 g/mol. The van der Waals surface area contributed by atoms with Crippen molar-refractivity contribution in [2.75, 3.05) is 6.61 Å². The highest BCUT2D eigenvalue weighted by Crippen LogP contribution is 2.01. The molecule has 1 aromatic carbocycles. The lowest BCUT2D eigenvalue weighted by atomic mass is 10.2. The van der Waals surface area contributed by atoms with Crippen molar-refractivity contribution in [2.24, 2.45) is 0 Å². The Kier molecular flexibility index (Phi) is 6.28. The fourth-order valence-corrected chi connectivity index (χ4v) is 1.23. The van der Waals surface area contributed by atoms with Crippen molar-refractivity contribution in [3.63, 3.8) is 0 Å². The first-order valence-corrected chi connectivity index (χ1v) is 5.51. The van der Waals surface area contributed by atoms with Gasteiger partial charge in [-0.05, 0) is 17.4 Å². The van der Waals surface area contributed by atoms with Crippen LogP contribution in [-0.2, 0) is 16.1 Å². The quantitative estimate of drug-likeness (QED) is 0.622. The number of Topliss-reactive ketones (excluding diaryl/α,β-unsaturated/α-hetero) is 1. The molecule has 1 atom stereocenters. The number of carbonyl (C=O) groups excluding carboxylic acids is 1. The molecule has 92 valence electrons. The molecule has 0 spiro atoms.